The normalized spacial score (nSPS) is 11.2. The Morgan fingerprint density at radius 2 is 2.14 bits per heavy atom. The van der Waals surface area contributed by atoms with E-state index in [2.05, 4.69) is 36.8 Å². The van der Waals surface area contributed by atoms with E-state index in [9.17, 15) is 0 Å². The average Bonchev–Trinajstić information content (AvgIpc) is 2.16. The van der Waals surface area contributed by atoms with E-state index in [-0.39, 0.29) is 0 Å². The molecule has 0 atom stereocenters. The molecule has 0 aliphatic rings. The Bertz CT molecular complexity index is 244. The Kier molecular flexibility index (Phi) is 4.60. The molecule has 0 unspecified atom stereocenters. The first kappa shape index (κ1) is 11.2. The molecular formula is C12H20N2. The van der Waals surface area contributed by atoms with E-state index in [1.165, 1.54) is 6.42 Å². The van der Waals surface area contributed by atoms with Gasteiger partial charge < -0.3 is 4.90 Å². The van der Waals surface area contributed by atoms with Crippen molar-refractivity contribution in [1.29, 1.82) is 0 Å². The highest BCUT2D eigenvalue weighted by atomic mass is 15.1. The molecule has 0 amide bonds. The molecule has 2 heteroatoms. The second-order valence-electron chi connectivity index (χ2n) is 4.24. The van der Waals surface area contributed by atoms with E-state index in [0.717, 1.165) is 24.7 Å². The summed E-state index contributed by atoms with van der Waals surface area (Å²) in [5.74, 6) is 0.779. The van der Waals surface area contributed by atoms with Gasteiger partial charge in [0.15, 0.2) is 0 Å². The second kappa shape index (κ2) is 5.76. The van der Waals surface area contributed by atoms with E-state index in [1.807, 2.05) is 18.3 Å². The quantitative estimate of drug-likeness (QED) is 0.712. The van der Waals surface area contributed by atoms with Crippen LogP contribution in [-0.2, 0) is 6.54 Å². The predicted molar refractivity (Wildman–Crippen MR) is 60.0 cm³/mol. The molecule has 0 N–H and O–H groups in total. The summed E-state index contributed by atoms with van der Waals surface area (Å²) in [5, 5.41) is 0. The molecule has 2 nitrogen and oxygen atoms in total. The van der Waals surface area contributed by atoms with Crippen LogP contribution in [0.3, 0.4) is 0 Å². The predicted octanol–water partition coefficient (Wildman–Crippen LogP) is 2.56. The zero-order chi connectivity index (χ0) is 10.4. The largest absolute Gasteiger partial charge is 0.301 e. The van der Waals surface area contributed by atoms with Crippen molar-refractivity contribution in [1.82, 2.24) is 9.88 Å². The zero-order valence-electron chi connectivity index (χ0n) is 9.40. The van der Waals surface area contributed by atoms with Crippen molar-refractivity contribution < 1.29 is 0 Å². The van der Waals surface area contributed by atoms with Gasteiger partial charge in [0.2, 0.25) is 0 Å². The molecule has 14 heavy (non-hydrogen) atoms. The SMILES string of the molecule is CC(C)CCN(C)Cc1ccccn1. The van der Waals surface area contributed by atoms with Gasteiger partial charge in [0.1, 0.15) is 0 Å². The van der Waals surface area contributed by atoms with Crippen LogP contribution in [0.25, 0.3) is 0 Å². The van der Waals surface area contributed by atoms with Gasteiger partial charge in [0.05, 0.1) is 5.69 Å². The molecule has 78 valence electrons. The molecule has 1 aromatic rings. The minimum atomic E-state index is 0.779. The maximum atomic E-state index is 4.30. The lowest BCUT2D eigenvalue weighted by molar-refractivity contribution is 0.300. The molecular weight excluding hydrogens is 172 g/mol. The molecule has 0 aromatic carbocycles. The van der Waals surface area contributed by atoms with Crippen molar-refractivity contribution in [2.45, 2.75) is 26.8 Å². The number of hydrogen-bond donors (Lipinski definition) is 0. The van der Waals surface area contributed by atoms with Gasteiger partial charge in [-0.25, -0.2) is 0 Å². The third kappa shape index (κ3) is 4.38. The highest BCUT2D eigenvalue weighted by Gasteiger charge is 2.01. The zero-order valence-corrected chi connectivity index (χ0v) is 9.40. The first-order valence-corrected chi connectivity index (χ1v) is 5.27. The number of aromatic nitrogens is 1. The van der Waals surface area contributed by atoms with Crippen molar-refractivity contribution in [3.8, 4) is 0 Å². The summed E-state index contributed by atoms with van der Waals surface area (Å²) in [6.07, 6.45) is 3.11. The maximum absolute atomic E-state index is 4.30. The van der Waals surface area contributed by atoms with Gasteiger partial charge in [-0.2, -0.15) is 0 Å². The number of rotatable bonds is 5. The lowest BCUT2D eigenvalue weighted by Crippen LogP contribution is -2.20. The van der Waals surface area contributed by atoms with Crippen LogP contribution in [0.1, 0.15) is 26.0 Å². The Balaban J connectivity index is 2.30. The van der Waals surface area contributed by atoms with Crippen LogP contribution < -0.4 is 0 Å². The topological polar surface area (TPSA) is 16.1 Å². The molecule has 0 aliphatic carbocycles. The molecule has 1 rings (SSSR count). The molecule has 1 aromatic heterocycles. The summed E-state index contributed by atoms with van der Waals surface area (Å²) in [6, 6.07) is 6.07. The second-order valence-corrected chi connectivity index (χ2v) is 4.24. The summed E-state index contributed by atoms with van der Waals surface area (Å²) < 4.78 is 0. The first-order chi connectivity index (χ1) is 6.68. The minimum Gasteiger partial charge on any atom is -0.301 e. The standard InChI is InChI=1S/C12H20N2/c1-11(2)7-9-14(3)10-12-6-4-5-8-13-12/h4-6,8,11H,7,9-10H2,1-3H3. The van der Waals surface area contributed by atoms with Crippen LogP contribution >= 0.6 is 0 Å². The van der Waals surface area contributed by atoms with Gasteiger partial charge in [0, 0.05) is 12.7 Å². The third-order valence-electron chi connectivity index (χ3n) is 2.25. The van der Waals surface area contributed by atoms with Gasteiger partial charge in [-0.3, -0.25) is 4.98 Å². The summed E-state index contributed by atoms with van der Waals surface area (Å²) in [5.41, 5.74) is 1.15. The molecule has 0 aliphatic heterocycles. The minimum absolute atomic E-state index is 0.779. The fourth-order valence-electron chi connectivity index (χ4n) is 1.33. The number of pyridine rings is 1. The molecule has 0 saturated carbocycles. The van der Waals surface area contributed by atoms with Crippen molar-refractivity contribution in [3.63, 3.8) is 0 Å². The van der Waals surface area contributed by atoms with Crippen LogP contribution in [0.15, 0.2) is 24.4 Å². The van der Waals surface area contributed by atoms with Crippen LogP contribution in [0.5, 0.6) is 0 Å². The summed E-state index contributed by atoms with van der Waals surface area (Å²) in [6.45, 7) is 6.62. The molecule has 1 heterocycles. The summed E-state index contributed by atoms with van der Waals surface area (Å²) in [4.78, 5) is 6.63. The number of hydrogen-bond acceptors (Lipinski definition) is 2. The number of nitrogens with zero attached hydrogens (tertiary/aromatic N) is 2. The Labute approximate surface area is 87.0 Å². The van der Waals surface area contributed by atoms with Crippen molar-refractivity contribution in [2.75, 3.05) is 13.6 Å². The van der Waals surface area contributed by atoms with E-state index in [1.54, 1.807) is 0 Å². The monoisotopic (exact) mass is 192 g/mol. The first-order valence-electron chi connectivity index (χ1n) is 5.27. The summed E-state index contributed by atoms with van der Waals surface area (Å²) in [7, 11) is 2.15. The third-order valence-corrected chi connectivity index (χ3v) is 2.25. The van der Waals surface area contributed by atoms with Crippen LogP contribution in [0.2, 0.25) is 0 Å². The highest BCUT2D eigenvalue weighted by molar-refractivity contribution is 5.02. The lowest BCUT2D eigenvalue weighted by atomic mass is 10.1. The molecule has 0 spiro atoms. The van der Waals surface area contributed by atoms with Crippen molar-refractivity contribution in [2.24, 2.45) is 5.92 Å². The molecule has 0 radical (unpaired) electrons. The molecule has 0 saturated heterocycles. The van der Waals surface area contributed by atoms with E-state index < -0.39 is 0 Å². The maximum Gasteiger partial charge on any atom is 0.0543 e. The Morgan fingerprint density at radius 1 is 1.36 bits per heavy atom. The van der Waals surface area contributed by atoms with Crippen LogP contribution in [0.4, 0.5) is 0 Å². The highest BCUT2D eigenvalue weighted by Crippen LogP contribution is 2.03. The van der Waals surface area contributed by atoms with Crippen LogP contribution in [0, 0.1) is 5.92 Å². The summed E-state index contributed by atoms with van der Waals surface area (Å²) >= 11 is 0. The Hall–Kier alpha value is -0.890. The lowest BCUT2D eigenvalue weighted by Gasteiger charge is -2.17. The van der Waals surface area contributed by atoms with E-state index >= 15 is 0 Å². The van der Waals surface area contributed by atoms with Gasteiger partial charge in [-0.1, -0.05) is 19.9 Å². The van der Waals surface area contributed by atoms with E-state index in [0.29, 0.717) is 0 Å². The van der Waals surface area contributed by atoms with Gasteiger partial charge >= 0.3 is 0 Å². The van der Waals surface area contributed by atoms with Crippen molar-refractivity contribution in [3.05, 3.63) is 30.1 Å². The Morgan fingerprint density at radius 3 is 2.71 bits per heavy atom. The van der Waals surface area contributed by atoms with Gasteiger partial charge in [-0.15, -0.1) is 0 Å². The van der Waals surface area contributed by atoms with Gasteiger partial charge in [0.25, 0.3) is 0 Å². The molecule has 0 bridgehead atoms. The fourth-order valence-corrected chi connectivity index (χ4v) is 1.33. The van der Waals surface area contributed by atoms with Crippen LogP contribution in [-0.4, -0.2) is 23.5 Å². The van der Waals surface area contributed by atoms with Gasteiger partial charge in [-0.05, 0) is 38.1 Å². The van der Waals surface area contributed by atoms with Crippen molar-refractivity contribution >= 4 is 0 Å². The molecule has 0 fully saturated rings. The average molecular weight is 192 g/mol. The smallest absolute Gasteiger partial charge is 0.0543 e. The fraction of sp³-hybridized carbons (Fsp3) is 0.583. The van der Waals surface area contributed by atoms with E-state index in [4.69, 9.17) is 0 Å².